The van der Waals surface area contributed by atoms with Crippen LogP contribution in [0.4, 0.5) is 11.4 Å². The average Bonchev–Trinajstić information content (AvgIpc) is 1.61. The van der Waals surface area contributed by atoms with Crippen LogP contribution in [0.3, 0.4) is 0 Å². The van der Waals surface area contributed by atoms with Crippen LogP contribution in [-0.4, -0.2) is 163 Å². The number of methoxy groups -OCH3 is 2. The summed E-state index contributed by atoms with van der Waals surface area (Å²) in [5, 5.41) is -0.304. The molecule has 3 aliphatic heterocycles. The third-order valence-corrected chi connectivity index (χ3v) is 20.9. The number of allylic oxidation sites excluding steroid dienone is 6. The van der Waals surface area contributed by atoms with Gasteiger partial charge in [-0.25, -0.2) is 13.2 Å². The highest BCUT2D eigenvalue weighted by atomic mass is 32.2. The lowest BCUT2D eigenvalue weighted by Crippen LogP contribution is -2.33. The Bertz CT molecular complexity index is 4650. The van der Waals surface area contributed by atoms with Gasteiger partial charge in [-0.2, -0.15) is 46.7 Å². The number of hydrogen-bond acceptors (Lipinski definition) is 20. The number of ether oxygens (including phenoxy) is 2. The summed E-state index contributed by atoms with van der Waals surface area (Å²) >= 11 is 0. The molecule has 2 unspecified atom stereocenters. The van der Waals surface area contributed by atoms with Crippen molar-refractivity contribution in [3.05, 3.63) is 124 Å². The molecule has 89 heavy (non-hydrogen) atoms. The Labute approximate surface area is 513 Å². The van der Waals surface area contributed by atoms with Gasteiger partial charge in [-0.1, -0.05) is 12.1 Å². The second-order valence-corrected chi connectivity index (χ2v) is 30.6. The third-order valence-electron chi connectivity index (χ3n) is 15.9. The van der Waals surface area contributed by atoms with Crippen molar-refractivity contribution in [3.8, 4) is 0 Å². The topological polar surface area (TPSA) is 417 Å². The quantitative estimate of drug-likeness (QED) is 0.0212. The van der Waals surface area contributed by atoms with Crippen LogP contribution in [0.25, 0.3) is 27.1 Å². The van der Waals surface area contributed by atoms with E-state index in [9.17, 15) is 92.2 Å². The van der Waals surface area contributed by atoms with Gasteiger partial charge in [0, 0.05) is 98.5 Å². The number of imide groups is 1. The molecule has 0 radical (unpaired) electrons. The number of carbonyl (C=O) groups is 3. The Morgan fingerprint density at radius 3 is 1.71 bits per heavy atom. The smallest absolute Gasteiger partial charge is 0.363 e. The van der Waals surface area contributed by atoms with Gasteiger partial charge >= 0.3 is 5.97 Å². The van der Waals surface area contributed by atoms with Gasteiger partial charge in [0.25, 0.3) is 62.4 Å². The molecule has 1 fully saturated rings. The maximum atomic E-state index is 13.7. The number of benzene rings is 5. The van der Waals surface area contributed by atoms with E-state index in [2.05, 4.69) is 0 Å². The first-order valence-corrected chi connectivity index (χ1v) is 35.8. The summed E-state index contributed by atoms with van der Waals surface area (Å²) < 4.78 is 229. The number of aryl methyl sites for hydroxylation is 2. The Balaban J connectivity index is 1.47. The zero-order valence-electron chi connectivity index (χ0n) is 48.4. The van der Waals surface area contributed by atoms with Crippen LogP contribution in [0.2, 0.25) is 0 Å². The molecule has 0 aromatic heterocycles. The van der Waals surface area contributed by atoms with E-state index < -0.39 is 120 Å². The molecular weight excluding hydrogens is 1290 g/mol. The summed E-state index contributed by atoms with van der Waals surface area (Å²) in [4.78, 5) is 41.9. The molecule has 0 saturated carbocycles. The SMILES string of the molecule is COCCC1(C)C(/C=C/C(=C/C=C2/N(CCCS(=O)(=O)O)c3ccc4c(S(=O)(=O)O)cc(S(=O)(=O)O)cc4c3C2(C)CCOC)c2c(C)cc(C(=O)ON3C(=O)CCC3=O)cc2C)=[N+](CCCS(=O)(=O)O)c2ccc3c(S(=O)(=O)[O-])cc(S(=O)(=O)O)cc3c21. The largest absolute Gasteiger partial charge is 0.744 e. The van der Waals surface area contributed by atoms with Crippen molar-refractivity contribution in [1.82, 2.24) is 5.06 Å². The minimum atomic E-state index is -5.48. The molecule has 5 aromatic rings. The predicted octanol–water partition coefficient (Wildman–Crippen LogP) is 5.76. The average molecular weight is 1350 g/mol. The number of hydrogen-bond donors (Lipinski definition) is 5. The van der Waals surface area contributed by atoms with E-state index in [-0.39, 0.29) is 126 Å². The highest BCUT2D eigenvalue weighted by Gasteiger charge is 2.50. The predicted molar refractivity (Wildman–Crippen MR) is 320 cm³/mol. The van der Waals surface area contributed by atoms with Crippen molar-refractivity contribution in [3.63, 3.8) is 0 Å². The molecule has 5 N–H and O–H groups in total. The minimum Gasteiger partial charge on any atom is -0.744 e. The van der Waals surface area contributed by atoms with Gasteiger partial charge < -0.3 is 23.8 Å². The fourth-order valence-corrected chi connectivity index (χ4v) is 15.7. The van der Waals surface area contributed by atoms with Crippen LogP contribution >= 0.6 is 0 Å². The second-order valence-electron chi connectivity index (χ2n) is 21.9. The van der Waals surface area contributed by atoms with Gasteiger partial charge in [0.05, 0.1) is 37.2 Å². The van der Waals surface area contributed by atoms with Crippen LogP contribution in [0.5, 0.6) is 0 Å². The summed E-state index contributed by atoms with van der Waals surface area (Å²) in [6.07, 6.45) is 5.41. The van der Waals surface area contributed by atoms with Gasteiger partial charge in [0.2, 0.25) is 5.69 Å². The molecule has 2 amide bonds. The molecule has 3 heterocycles. The van der Waals surface area contributed by atoms with Gasteiger partial charge in [-0.3, -0.25) is 32.4 Å². The molecule has 0 aliphatic carbocycles. The fraction of sp³-hybridized carbons (Fsp3) is 0.357. The van der Waals surface area contributed by atoms with E-state index in [0.29, 0.717) is 39.6 Å². The number of fused-ring (bicyclic) bond motifs is 6. The van der Waals surface area contributed by atoms with Crippen LogP contribution in [-0.2, 0) is 95.4 Å². The van der Waals surface area contributed by atoms with Crippen molar-refractivity contribution < 1.29 is 111 Å². The molecule has 480 valence electrons. The van der Waals surface area contributed by atoms with Gasteiger partial charge in [-0.15, -0.1) is 5.06 Å². The minimum absolute atomic E-state index is 0.00136. The molecule has 2 atom stereocenters. The maximum absolute atomic E-state index is 13.7. The first kappa shape index (κ1) is 68.2. The van der Waals surface area contributed by atoms with Crippen molar-refractivity contribution in [2.45, 2.75) is 96.6 Å². The normalized spacial score (nSPS) is 19.2. The summed E-state index contributed by atoms with van der Waals surface area (Å²) in [7, 11) is -27.6. The number of nitrogens with zero attached hydrogens (tertiary/aromatic N) is 3. The zero-order chi connectivity index (χ0) is 65.9. The monoisotopic (exact) mass is 1350 g/mol. The molecule has 33 heteroatoms. The standard InChI is InChI=1S/C56H61N3O24S6/c1-33-27-36(54(62)83-59-49(60)17-18-50(59)61)28-34(2)51(33)35(9-15-47-55(3,19-23-81-5)52-41-29-37(86(69,70)71)31-45(88(75,76)77)39(41)11-13-43(52)57(47)21-7-25-84(63,64)65)10-16-48-56(4,20-24-82-6)53-42-30-38(87(72,73)74)32-46(89(78,79)80)40(42)12-14-44(53)58(48)22-8-26-85(66,67)68/h9-16,27-32H,7-8,17-26H2,1-6H3,(H5-,63,64,65,66,67,68,69,70,71,72,73,74,75,76,77,78,79,80). The molecule has 0 bridgehead atoms. The van der Waals surface area contributed by atoms with Crippen molar-refractivity contribution >= 4 is 123 Å². The van der Waals surface area contributed by atoms with E-state index in [1.807, 2.05) is 0 Å². The Morgan fingerprint density at radius 1 is 0.663 bits per heavy atom. The third kappa shape index (κ3) is 14.1. The lowest BCUT2D eigenvalue weighted by atomic mass is 9.74. The van der Waals surface area contributed by atoms with Crippen LogP contribution < -0.4 is 4.90 Å². The highest BCUT2D eigenvalue weighted by molar-refractivity contribution is 7.87. The molecule has 27 nitrogen and oxygen atoms in total. The Hall–Kier alpha value is -6.70. The van der Waals surface area contributed by atoms with E-state index in [1.54, 1.807) is 61.5 Å². The summed E-state index contributed by atoms with van der Waals surface area (Å²) in [6.45, 7) is 6.02. The number of rotatable bonds is 24. The first-order chi connectivity index (χ1) is 41.1. The number of carbonyl (C=O) groups excluding carboxylic acids is 3. The van der Waals surface area contributed by atoms with Gasteiger partial charge in [0.15, 0.2) is 5.71 Å². The molecule has 0 spiro atoms. The zero-order valence-corrected chi connectivity index (χ0v) is 53.3. The number of amides is 2. The summed E-state index contributed by atoms with van der Waals surface area (Å²) in [5.41, 5.74) is -0.251. The highest BCUT2D eigenvalue weighted by Crippen LogP contribution is 2.54. The lowest BCUT2D eigenvalue weighted by molar-refractivity contribution is -0.437. The molecule has 5 aromatic carbocycles. The van der Waals surface area contributed by atoms with Gasteiger partial charge in [-0.05, 0) is 146 Å². The fourth-order valence-electron chi connectivity index (χ4n) is 12.0. The molecule has 8 rings (SSSR count). The van der Waals surface area contributed by atoms with Crippen LogP contribution in [0.1, 0.15) is 90.5 Å². The first-order valence-electron chi connectivity index (χ1n) is 26.9. The van der Waals surface area contributed by atoms with Crippen molar-refractivity contribution in [1.29, 1.82) is 0 Å². The number of anilines is 1. The van der Waals surface area contributed by atoms with Crippen LogP contribution in [0, 0.1) is 13.8 Å². The molecular formula is C56H61N3O24S6. The molecule has 3 aliphatic rings. The lowest BCUT2D eigenvalue weighted by Gasteiger charge is -2.31. The van der Waals surface area contributed by atoms with E-state index in [1.165, 1.54) is 50.6 Å². The van der Waals surface area contributed by atoms with E-state index >= 15 is 0 Å². The molecule has 1 saturated heterocycles. The van der Waals surface area contributed by atoms with Crippen molar-refractivity contribution in [2.75, 3.05) is 56.9 Å². The summed E-state index contributed by atoms with van der Waals surface area (Å²) in [5.74, 6) is -4.13. The second kappa shape index (κ2) is 24.8. The van der Waals surface area contributed by atoms with E-state index in [4.69, 9.17) is 14.3 Å². The van der Waals surface area contributed by atoms with Crippen LogP contribution in [0.15, 0.2) is 110 Å². The van der Waals surface area contributed by atoms with Crippen molar-refractivity contribution in [2.24, 2.45) is 0 Å². The van der Waals surface area contributed by atoms with Gasteiger partial charge in [0.1, 0.15) is 21.6 Å². The Kier molecular flexibility index (Phi) is 19.0. The van der Waals surface area contributed by atoms with E-state index in [0.717, 1.165) is 12.1 Å². The maximum Gasteiger partial charge on any atom is 0.363 e. The number of hydroxylamine groups is 2. The Morgan fingerprint density at radius 2 is 1.18 bits per heavy atom. The summed E-state index contributed by atoms with van der Waals surface area (Å²) in [6, 6.07) is 11.3.